The number of hydrogen-bond acceptors (Lipinski definition) is 5. The predicted molar refractivity (Wildman–Crippen MR) is 93.2 cm³/mol. The molecule has 114 valence electrons. The van der Waals surface area contributed by atoms with Crippen LogP contribution in [-0.4, -0.2) is 24.0 Å². The van der Waals surface area contributed by atoms with Gasteiger partial charge >= 0.3 is 0 Å². The second-order valence-corrected chi connectivity index (χ2v) is 7.90. The highest BCUT2D eigenvalue weighted by atomic mass is 79.9. The first kappa shape index (κ1) is 16.6. The van der Waals surface area contributed by atoms with Crippen LogP contribution in [0.2, 0.25) is 0 Å². The van der Waals surface area contributed by atoms with E-state index in [-0.39, 0.29) is 5.91 Å². The number of rotatable bonds is 7. The van der Waals surface area contributed by atoms with Crippen LogP contribution < -0.4 is 10.2 Å². The maximum atomic E-state index is 11.5. The van der Waals surface area contributed by atoms with E-state index >= 15 is 0 Å². The number of carbonyl (C=O) groups excluding carboxylic acids is 1. The molecule has 0 aromatic carbocycles. The molecule has 0 spiro atoms. The molecule has 2 aromatic heterocycles. The Bertz CT molecular complexity index is 597. The number of amides is 1. The molecule has 0 bridgehead atoms. The molecule has 0 aliphatic heterocycles. The van der Waals surface area contributed by atoms with Crippen molar-refractivity contribution in [2.45, 2.75) is 26.8 Å². The molecule has 0 saturated heterocycles. The van der Waals surface area contributed by atoms with Crippen LogP contribution in [0.1, 0.15) is 24.4 Å². The first-order valence-corrected chi connectivity index (χ1v) is 9.26. The highest BCUT2D eigenvalue weighted by Gasteiger charge is 2.13. The van der Waals surface area contributed by atoms with Crippen molar-refractivity contribution >= 4 is 49.6 Å². The average Bonchev–Trinajstić information content (AvgIpc) is 3.05. The zero-order valence-electron chi connectivity index (χ0n) is 12.1. The summed E-state index contributed by atoms with van der Waals surface area (Å²) in [5.74, 6) is 0.0367. The average molecular weight is 388 g/mol. The van der Waals surface area contributed by atoms with Crippen LogP contribution in [0.3, 0.4) is 0 Å². The molecule has 0 aliphatic carbocycles. The number of thiazole rings is 1. The zero-order chi connectivity index (χ0) is 15.2. The summed E-state index contributed by atoms with van der Waals surface area (Å²) in [7, 11) is 0. The second kappa shape index (κ2) is 8.03. The summed E-state index contributed by atoms with van der Waals surface area (Å²) in [4.78, 5) is 19.0. The fourth-order valence-electron chi connectivity index (χ4n) is 1.91. The molecular formula is C14H18BrN3OS2. The Morgan fingerprint density at radius 1 is 1.48 bits per heavy atom. The normalized spacial score (nSPS) is 10.8. The number of halogens is 1. The third-order valence-electron chi connectivity index (χ3n) is 2.95. The van der Waals surface area contributed by atoms with Crippen molar-refractivity contribution in [1.82, 2.24) is 10.3 Å². The lowest BCUT2D eigenvalue weighted by Gasteiger charge is -2.14. The fraction of sp³-hybridized carbons (Fsp3) is 0.429. The molecule has 1 amide bonds. The number of carbonyl (C=O) groups is 1. The van der Waals surface area contributed by atoms with Gasteiger partial charge in [-0.3, -0.25) is 9.69 Å². The minimum absolute atomic E-state index is 0.0367. The van der Waals surface area contributed by atoms with Gasteiger partial charge in [-0.25, -0.2) is 4.98 Å². The summed E-state index contributed by atoms with van der Waals surface area (Å²) in [6, 6.07) is 4.22. The van der Waals surface area contributed by atoms with Crippen LogP contribution in [0.5, 0.6) is 0 Å². The minimum atomic E-state index is 0.0367. The zero-order valence-corrected chi connectivity index (χ0v) is 15.3. The molecule has 2 rings (SSSR count). The Kier molecular flexibility index (Phi) is 6.35. The van der Waals surface area contributed by atoms with E-state index in [1.807, 2.05) is 12.3 Å². The Morgan fingerprint density at radius 3 is 2.90 bits per heavy atom. The molecule has 0 fully saturated rings. The first-order chi connectivity index (χ1) is 10.1. The molecule has 0 unspecified atom stereocenters. The van der Waals surface area contributed by atoms with Crippen molar-refractivity contribution < 1.29 is 4.79 Å². The number of aromatic nitrogens is 1. The summed E-state index contributed by atoms with van der Waals surface area (Å²) < 4.78 is 1.17. The smallest absolute Gasteiger partial charge is 0.225 e. The summed E-state index contributed by atoms with van der Waals surface area (Å²) in [5.41, 5.74) is 0.988. The molecule has 0 aliphatic rings. The highest BCUT2D eigenvalue weighted by Crippen LogP contribution is 2.22. The SMILES string of the molecule is CCN(C(C)=O)c1nc(CNCCc2ccc(Br)s2)cs1. The van der Waals surface area contributed by atoms with Gasteiger partial charge in [0.25, 0.3) is 0 Å². The maximum Gasteiger partial charge on any atom is 0.225 e. The van der Waals surface area contributed by atoms with E-state index in [4.69, 9.17) is 0 Å². The standard InChI is InChI=1S/C14H18BrN3OS2/c1-3-18(10(2)19)14-17-11(9-20-14)8-16-7-6-12-4-5-13(15)21-12/h4-5,9,16H,3,6-8H2,1-2H3. The lowest BCUT2D eigenvalue weighted by atomic mass is 10.3. The van der Waals surface area contributed by atoms with Crippen molar-refractivity contribution in [2.75, 3.05) is 18.0 Å². The molecule has 0 saturated carbocycles. The number of nitrogens with zero attached hydrogens (tertiary/aromatic N) is 2. The van der Waals surface area contributed by atoms with Gasteiger partial charge in [0.05, 0.1) is 9.48 Å². The van der Waals surface area contributed by atoms with E-state index in [2.05, 4.69) is 38.4 Å². The molecule has 1 N–H and O–H groups in total. The second-order valence-electron chi connectivity index (χ2n) is 4.52. The summed E-state index contributed by atoms with van der Waals surface area (Å²) >= 11 is 6.76. The van der Waals surface area contributed by atoms with Gasteiger partial charge in [0.2, 0.25) is 5.91 Å². The van der Waals surface area contributed by atoms with Crippen LogP contribution in [0, 0.1) is 0 Å². The quantitative estimate of drug-likeness (QED) is 0.737. The van der Waals surface area contributed by atoms with Gasteiger partial charge in [-0.05, 0) is 41.4 Å². The first-order valence-electron chi connectivity index (χ1n) is 6.77. The van der Waals surface area contributed by atoms with E-state index in [0.29, 0.717) is 6.54 Å². The van der Waals surface area contributed by atoms with Gasteiger partial charge in [-0.1, -0.05) is 0 Å². The molecule has 4 nitrogen and oxygen atoms in total. The van der Waals surface area contributed by atoms with Crippen LogP contribution >= 0.6 is 38.6 Å². The molecule has 2 heterocycles. The molecule has 0 atom stereocenters. The Labute approximate surface area is 141 Å². The van der Waals surface area contributed by atoms with Gasteiger partial charge in [0.1, 0.15) is 0 Å². The Hall–Kier alpha value is -0.760. The number of thiophene rings is 1. The molecule has 0 radical (unpaired) electrons. The highest BCUT2D eigenvalue weighted by molar-refractivity contribution is 9.11. The lowest BCUT2D eigenvalue weighted by molar-refractivity contribution is -0.116. The topological polar surface area (TPSA) is 45.2 Å². The summed E-state index contributed by atoms with van der Waals surface area (Å²) in [5, 5.41) is 6.18. The van der Waals surface area contributed by atoms with Crippen LogP contribution in [0.4, 0.5) is 5.13 Å². The van der Waals surface area contributed by atoms with Crippen molar-refractivity contribution in [3.63, 3.8) is 0 Å². The molecule has 2 aromatic rings. The lowest BCUT2D eigenvalue weighted by Crippen LogP contribution is -2.27. The van der Waals surface area contributed by atoms with Crippen LogP contribution in [0.25, 0.3) is 0 Å². The van der Waals surface area contributed by atoms with E-state index in [1.54, 1.807) is 23.2 Å². The van der Waals surface area contributed by atoms with Crippen LogP contribution in [0.15, 0.2) is 21.3 Å². The molecular weight excluding hydrogens is 370 g/mol. The van der Waals surface area contributed by atoms with Crippen molar-refractivity contribution in [3.8, 4) is 0 Å². The van der Waals surface area contributed by atoms with E-state index in [9.17, 15) is 4.79 Å². The largest absolute Gasteiger partial charge is 0.311 e. The van der Waals surface area contributed by atoms with Gasteiger partial charge < -0.3 is 5.32 Å². The van der Waals surface area contributed by atoms with Crippen molar-refractivity contribution in [2.24, 2.45) is 0 Å². The Balaban J connectivity index is 1.79. The van der Waals surface area contributed by atoms with E-state index < -0.39 is 0 Å². The number of nitrogens with one attached hydrogen (secondary N) is 1. The van der Waals surface area contributed by atoms with E-state index in [1.165, 1.54) is 20.0 Å². The van der Waals surface area contributed by atoms with Crippen LogP contribution in [-0.2, 0) is 17.8 Å². The summed E-state index contributed by atoms with van der Waals surface area (Å²) in [6.45, 7) is 5.84. The third-order valence-corrected chi connectivity index (χ3v) is 5.55. The fourth-order valence-corrected chi connectivity index (χ4v) is 4.32. The predicted octanol–water partition coefficient (Wildman–Crippen LogP) is 3.67. The molecule has 21 heavy (non-hydrogen) atoms. The van der Waals surface area contributed by atoms with Crippen molar-refractivity contribution in [1.29, 1.82) is 0 Å². The van der Waals surface area contributed by atoms with E-state index in [0.717, 1.165) is 30.3 Å². The van der Waals surface area contributed by atoms with Gasteiger partial charge in [-0.2, -0.15) is 0 Å². The summed E-state index contributed by atoms with van der Waals surface area (Å²) in [6.07, 6.45) is 1.02. The Morgan fingerprint density at radius 2 is 2.29 bits per heavy atom. The maximum absolute atomic E-state index is 11.5. The van der Waals surface area contributed by atoms with Crippen molar-refractivity contribution in [3.05, 3.63) is 31.9 Å². The third kappa shape index (κ3) is 4.88. The monoisotopic (exact) mass is 387 g/mol. The van der Waals surface area contributed by atoms with Gasteiger partial charge in [-0.15, -0.1) is 22.7 Å². The molecule has 7 heteroatoms. The number of hydrogen-bond donors (Lipinski definition) is 1. The number of anilines is 1. The van der Waals surface area contributed by atoms with Gasteiger partial charge in [0.15, 0.2) is 5.13 Å². The minimum Gasteiger partial charge on any atom is -0.311 e. The van der Waals surface area contributed by atoms with Gasteiger partial charge in [0, 0.05) is 36.8 Å².